The van der Waals surface area contributed by atoms with Crippen LogP contribution in [0.2, 0.25) is 0 Å². The second kappa shape index (κ2) is 7.83. The minimum absolute atomic E-state index is 0.0497. The number of amides is 2. The third kappa shape index (κ3) is 4.76. The molecule has 9 heteroatoms. The summed E-state index contributed by atoms with van der Waals surface area (Å²) in [7, 11) is 1.45. The molecule has 0 unspecified atom stereocenters. The van der Waals surface area contributed by atoms with Gasteiger partial charge in [-0.15, -0.1) is 0 Å². The molecule has 0 fully saturated rings. The van der Waals surface area contributed by atoms with Crippen LogP contribution in [0.25, 0.3) is 0 Å². The molecule has 124 valence electrons. The first-order valence-electron chi connectivity index (χ1n) is 6.81. The number of aromatic nitrogens is 2. The topological polar surface area (TPSA) is 93.2 Å². The molecule has 0 spiro atoms. The SMILES string of the molecule is CC(C)[C@H](N)C(=O)NCC(=O)N(C)Cc1nccn1C(F)F. The first-order chi connectivity index (χ1) is 10.2. The lowest BCUT2D eigenvalue weighted by Crippen LogP contribution is -2.47. The maximum atomic E-state index is 12.7. The summed E-state index contributed by atoms with van der Waals surface area (Å²) in [6.07, 6.45) is 2.38. The van der Waals surface area contributed by atoms with E-state index in [1.807, 2.05) is 0 Å². The van der Waals surface area contributed by atoms with E-state index in [4.69, 9.17) is 5.73 Å². The van der Waals surface area contributed by atoms with Crippen molar-refractivity contribution < 1.29 is 18.4 Å². The molecule has 1 aromatic heterocycles. The van der Waals surface area contributed by atoms with Gasteiger partial charge in [-0.05, 0) is 5.92 Å². The number of nitrogens with two attached hydrogens (primary N) is 1. The zero-order valence-electron chi connectivity index (χ0n) is 12.8. The standard InChI is InChI=1S/C13H21F2N5O2/c1-8(2)11(16)12(22)18-6-10(21)19(3)7-9-17-4-5-20(9)13(14)15/h4-5,8,11,13H,6-7,16H2,1-3H3,(H,18,22)/t11-/m0/s1. The first kappa shape index (κ1) is 18.0. The van der Waals surface area contributed by atoms with E-state index in [0.29, 0.717) is 4.57 Å². The zero-order valence-corrected chi connectivity index (χ0v) is 12.8. The van der Waals surface area contributed by atoms with Gasteiger partial charge in [0.25, 0.3) is 0 Å². The number of carbonyl (C=O) groups excluding carboxylic acids is 2. The smallest absolute Gasteiger partial charge is 0.319 e. The van der Waals surface area contributed by atoms with E-state index in [2.05, 4.69) is 10.3 Å². The molecule has 22 heavy (non-hydrogen) atoms. The molecule has 7 nitrogen and oxygen atoms in total. The summed E-state index contributed by atoms with van der Waals surface area (Å²) < 4.78 is 26.0. The highest BCUT2D eigenvalue weighted by Crippen LogP contribution is 2.13. The molecular formula is C13H21F2N5O2. The first-order valence-corrected chi connectivity index (χ1v) is 6.81. The Morgan fingerprint density at radius 2 is 2.09 bits per heavy atom. The Morgan fingerprint density at radius 3 is 2.64 bits per heavy atom. The minimum atomic E-state index is -2.72. The summed E-state index contributed by atoms with van der Waals surface area (Å²) in [6, 6.07) is -0.698. The Kier molecular flexibility index (Phi) is 6.41. The van der Waals surface area contributed by atoms with Crippen molar-refractivity contribution in [1.29, 1.82) is 0 Å². The predicted molar refractivity (Wildman–Crippen MR) is 75.8 cm³/mol. The van der Waals surface area contributed by atoms with Gasteiger partial charge >= 0.3 is 6.55 Å². The molecule has 0 radical (unpaired) electrons. The lowest BCUT2D eigenvalue weighted by Gasteiger charge is -2.19. The van der Waals surface area contributed by atoms with Gasteiger partial charge in [0.15, 0.2) is 0 Å². The highest BCUT2D eigenvalue weighted by molar-refractivity contribution is 5.87. The van der Waals surface area contributed by atoms with Gasteiger partial charge in [0.05, 0.1) is 19.1 Å². The number of halogens is 2. The van der Waals surface area contributed by atoms with Gasteiger partial charge < -0.3 is 16.0 Å². The Balaban J connectivity index is 2.52. The van der Waals surface area contributed by atoms with Crippen LogP contribution in [0.1, 0.15) is 26.2 Å². The zero-order chi connectivity index (χ0) is 16.9. The molecule has 1 atom stereocenters. The number of hydrogen-bond acceptors (Lipinski definition) is 4. The van der Waals surface area contributed by atoms with Crippen molar-refractivity contribution in [3.05, 3.63) is 18.2 Å². The summed E-state index contributed by atoms with van der Waals surface area (Å²) in [5, 5.41) is 2.43. The average molecular weight is 317 g/mol. The second-order valence-electron chi connectivity index (χ2n) is 5.27. The van der Waals surface area contributed by atoms with Gasteiger partial charge in [-0.3, -0.25) is 14.2 Å². The third-order valence-corrected chi connectivity index (χ3v) is 3.20. The van der Waals surface area contributed by atoms with Crippen LogP contribution < -0.4 is 11.1 Å². The maximum Gasteiger partial charge on any atom is 0.319 e. The van der Waals surface area contributed by atoms with Crippen LogP contribution in [0.5, 0.6) is 0 Å². The van der Waals surface area contributed by atoms with E-state index < -0.39 is 24.4 Å². The summed E-state index contributed by atoms with van der Waals surface area (Å²) in [4.78, 5) is 28.5. The lowest BCUT2D eigenvalue weighted by molar-refractivity contribution is -0.133. The molecular weight excluding hydrogens is 296 g/mol. The van der Waals surface area contributed by atoms with Gasteiger partial charge in [0, 0.05) is 19.4 Å². The Labute approximate surface area is 127 Å². The van der Waals surface area contributed by atoms with Crippen LogP contribution >= 0.6 is 0 Å². The van der Waals surface area contributed by atoms with Gasteiger partial charge in [-0.25, -0.2) is 4.98 Å². The fraction of sp³-hybridized carbons (Fsp3) is 0.615. The number of nitrogens with zero attached hydrogens (tertiary/aromatic N) is 3. The number of nitrogens with one attached hydrogen (secondary N) is 1. The fourth-order valence-electron chi connectivity index (χ4n) is 1.66. The third-order valence-electron chi connectivity index (χ3n) is 3.20. The van der Waals surface area contributed by atoms with Gasteiger partial charge in [-0.1, -0.05) is 13.8 Å². The van der Waals surface area contributed by atoms with Crippen molar-refractivity contribution in [3.8, 4) is 0 Å². The molecule has 0 saturated heterocycles. The van der Waals surface area contributed by atoms with E-state index in [1.54, 1.807) is 13.8 Å². The van der Waals surface area contributed by atoms with Crippen LogP contribution in [-0.4, -0.2) is 45.9 Å². The lowest BCUT2D eigenvalue weighted by atomic mass is 10.1. The van der Waals surface area contributed by atoms with Gasteiger partial charge in [-0.2, -0.15) is 8.78 Å². The van der Waals surface area contributed by atoms with Gasteiger partial charge in [0.2, 0.25) is 11.8 Å². The van der Waals surface area contributed by atoms with Crippen LogP contribution in [0.3, 0.4) is 0 Å². The molecule has 3 N–H and O–H groups in total. The van der Waals surface area contributed by atoms with Crippen LogP contribution in [0.15, 0.2) is 12.4 Å². The monoisotopic (exact) mass is 317 g/mol. The molecule has 0 aliphatic heterocycles. The molecule has 2 amide bonds. The van der Waals surface area contributed by atoms with E-state index in [-0.39, 0.29) is 24.8 Å². The molecule has 0 bridgehead atoms. The van der Waals surface area contributed by atoms with Crippen molar-refractivity contribution in [2.75, 3.05) is 13.6 Å². The van der Waals surface area contributed by atoms with Crippen LogP contribution in [0, 0.1) is 5.92 Å². The molecule has 1 rings (SSSR count). The van der Waals surface area contributed by atoms with Crippen molar-refractivity contribution in [2.45, 2.75) is 33.0 Å². The number of rotatable bonds is 7. The molecule has 0 aliphatic rings. The molecule has 0 saturated carbocycles. The average Bonchev–Trinajstić information content (AvgIpc) is 2.91. The summed E-state index contributed by atoms with van der Waals surface area (Å²) in [5.74, 6) is -0.832. The van der Waals surface area contributed by atoms with Crippen LogP contribution in [-0.2, 0) is 16.1 Å². The Bertz CT molecular complexity index is 518. The fourth-order valence-corrected chi connectivity index (χ4v) is 1.66. The Hall–Kier alpha value is -2.03. The number of carbonyl (C=O) groups is 2. The quantitative estimate of drug-likeness (QED) is 0.758. The van der Waals surface area contributed by atoms with Gasteiger partial charge in [0.1, 0.15) is 5.82 Å². The highest BCUT2D eigenvalue weighted by atomic mass is 19.3. The predicted octanol–water partition coefficient (Wildman–Crippen LogP) is 0.336. The Morgan fingerprint density at radius 1 is 1.45 bits per heavy atom. The second-order valence-corrected chi connectivity index (χ2v) is 5.27. The van der Waals surface area contributed by atoms with Crippen molar-refractivity contribution >= 4 is 11.8 Å². The number of hydrogen-bond donors (Lipinski definition) is 2. The van der Waals surface area contributed by atoms with E-state index in [1.165, 1.54) is 18.1 Å². The molecule has 0 aromatic carbocycles. The van der Waals surface area contributed by atoms with Crippen molar-refractivity contribution in [2.24, 2.45) is 11.7 Å². The minimum Gasteiger partial charge on any atom is -0.346 e. The number of imidazole rings is 1. The van der Waals surface area contributed by atoms with E-state index >= 15 is 0 Å². The van der Waals surface area contributed by atoms with E-state index in [0.717, 1.165) is 6.20 Å². The molecule has 1 aromatic rings. The summed E-state index contributed by atoms with van der Waals surface area (Å²) in [6.45, 7) is 0.544. The maximum absolute atomic E-state index is 12.7. The summed E-state index contributed by atoms with van der Waals surface area (Å²) >= 11 is 0. The number of likely N-dealkylation sites (N-methyl/N-ethyl adjacent to an activating group) is 1. The summed E-state index contributed by atoms with van der Waals surface area (Å²) in [5.41, 5.74) is 5.65. The van der Waals surface area contributed by atoms with Crippen molar-refractivity contribution in [1.82, 2.24) is 19.8 Å². The molecule has 0 aliphatic carbocycles. The number of alkyl halides is 2. The highest BCUT2D eigenvalue weighted by Gasteiger charge is 2.20. The largest absolute Gasteiger partial charge is 0.346 e. The molecule has 1 heterocycles. The van der Waals surface area contributed by atoms with Crippen molar-refractivity contribution in [3.63, 3.8) is 0 Å². The van der Waals surface area contributed by atoms with Crippen LogP contribution in [0.4, 0.5) is 8.78 Å². The van der Waals surface area contributed by atoms with E-state index in [9.17, 15) is 18.4 Å². The normalized spacial score (nSPS) is 12.5.